The van der Waals surface area contributed by atoms with E-state index in [2.05, 4.69) is 26.9 Å². The van der Waals surface area contributed by atoms with Gasteiger partial charge in [-0.2, -0.15) is 0 Å². The van der Waals surface area contributed by atoms with Crippen molar-refractivity contribution in [3.63, 3.8) is 0 Å². The zero-order valence-corrected chi connectivity index (χ0v) is 15.2. The standard InChI is InChI=1S/C17H15BrCl2N2/c1-22-10-12(20)9-21-17(13-4-2-3-5-15(13)18)14-8-11(19)6-7-16(14)22/h2-8,12H,9-10H2,1H3/b21-17-. The van der Waals surface area contributed by atoms with Crippen LogP contribution in [-0.4, -0.2) is 31.2 Å². The molecule has 22 heavy (non-hydrogen) atoms. The average Bonchev–Trinajstić information content (AvgIpc) is 2.48. The Morgan fingerprint density at radius 2 is 1.95 bits per heavy atom. The van der Waals surface area contributed by atoms with Crippen molar-refractivity contribution in [2.24, 2.45) is 4.99 Å². The third-order valence-corrected chi connectivity index (χ3v) is 4.88. The van der Waals surface area contributed by atoms with E-state index >= 15 is 0 Å². The van der Waals surface area contributed by atoms with Gasteiger partial charge < -0.3 is 4.90 Å². The first kappa shape index (κ1) is 15.9. The van der Waals surface area contributed by atoms with Crippen LogP contribution < -0.4 is 4.90 Å². The van der Waals surface area contributed by atoms with Gasteiger partial charge in [-0.1, -0.05) is 45.7 Å². The normalized spacial score (nSPS) is 20.6. The maximum absolute atomic E-state index is 6.39. The van der Waals surface area contributed by atoms with E-state index in [1.165, 1.54) is 0 Å². The van der Waals surface area contributed by atoms with Gasteiger partial charge in [0.05, 0.1) is 17.6 Å². The lowest BCUT2D eigenvalue weighted by Gasteiger charge is -2.28. The molecule has 0 bridgehead atoms. The number of hydrogen-bond acceptors (Lipinski definition) is 2. The van der Waals surface area contributed by atoms with Gasteiger partial charge >= 0.3 is 0 Å². The van der Waals surface area contributed by atoms with Crippen LogP contribution in [0.25, 0.3) is 0 Å². The predicted octanol–water partition coefficient (Wildman–Crippen LogP) is 5.00. The summed E-state index contributed by atoms with van der Waals surface area (Å²) in [7, 11) is 2.05. The van der Waals surface area contributed by atoms with Gasteiger partial charge in [-0.05, 0) is 24.3 Å². The number of benzene rings is 2. The Balaban J connectivity index is 2.23. The molecule has 1 aliphatic rings. The van der Waals surface area contributed by atoms with Crippen molar-refractivity contribution < 1.29 is 0 Å². The van der Waals surface area contributed by atoms with E-state index in [1.807, 2.05) is 43.4 Å². The van der Waals surface area contributed by atoms with Crippen LogP contribution in [0.15, 0.2) is 51.9 Å². The topological polar surface area (TPSA) is 15.6 Å². The van der Waals surface area contributed by atoms with Gasteiger partial charge in [0.25, 0.3) is 0 Å². The monoisotopic (exact) mass is 396 g/mol. The van der Waals surface area contributed by atoms with Crippen molar-refractivity contribution >= 4 is 50.5 Å². The molecule has 2 nitrogen and oxygen atoms in total. The lowest BCUT2D eigenvalue weighted by atomic mass is 9.99. The number of anilines is 1. The third-order valence-electron chi connectivity index (χ3n) is 3.67. The average molecular weight is 398 g/mol. The smallest absolute Gasteiger partial charge is 0.0752 e. The molecule has 1 aliphatic heterocycles. The molecule has 0 N–H and O–H groups in total. The molecule has 0 saturated carbocycles. The molecule has 0 aromatic heterocycles. The van der Waals surface area contributed by atoms with Crippen LogP contribution in [0.2, 0.25) is 5.02 Å². The minimum Gasteiger partial charge on any atom is -0.372 e. The van der Waals surface area contributed by atoms with E-state index in [-0.39, 0.29) is 5.38 Å². The zero-order chi connectivity index (χ0) is 15.7. The fourth-order valence-electron chi connectivity index (χ4n) is 2.64. The Kier molecular flexibility index (Phi) is 4.76. The minimum absolute atomic E-state index is 0.0219. The number of nitrogens with zero attached hydrogens (tertiary/aromatic N) is 2. The molecule has 2 aromatic carbocycles. The maximum atomic E-state index is 6.39. The van der Waals surface area contributed by atoms with Crippen molar-refractivity contribution in [3.05, 3.63) is 63.1 Å². The molecule has 0 fully saturated rings. The molecule has 1 atom stereocenters. The van der Waals surface area contributed by atoms with E-state index in [0.717, 1.165) is 33.5 Å². The van der Waals surface area contributed by atoms with Crippen LogP contribution in [0.4, 0.5) is 5.69 Å². The first-order valence-electron chi connectivity index (χ1n) is 7.00. The molecule has 2 aromatic rings. The fraction of sp³-hybridized carbons (Fsp3) is 0.235. The molecule has 5 heteroatoms. The number of halogens is 3. The summed E-state index contributed by atoms with van der Waals surface area (Å²) in [6.45, 7) is 1.33. The first-order chi connectivity index (χ1) is 10.6. The minimum atomic E-state index is -0.0219. The second-order valence-corrected chi connectivity index (χ2v) is 7.22. The van der Waals surface area contributed by atoms with Crippen molar-refractivity contribution in [2.75, 3.05) is 25.0 Å². The van der Waals surface area contributed by atoms with Crippen molar-refractivity contribution in [2.45, 2.75) is 5.38 Å². The van der Waals surface area contributed by atoms with Gasteiger partial charge in [-0.3, -0.25) is 4.99 Å². The van der Waals surface area contributed by atoms with E-state index in [9.17, 15) is 0 Å². The summed E-state index contributed by atoms with van der Waals surface area (Å²) in [5.74, 6) is 0. The van der Waals surface area contributed by atoms with Gasteiger partial charge in [-0.15, -0.1) is 11.6 Å². The van der Waals surface area contributed by atoms with Gasteiger partial charge in [0, 0.05) is 39.9 Å². The zero-order valence-electron chi connectivity index (χ0n) is 12.1. The summed E-state index contributed by atoms with van der Waals surface area (Å²) in [5, 5.41) is 0.682. The van der Waals surface area contributed by atoms with Gasteiger partial charge in [-0.25, -0.2) is 0 Å². The first-order valence-corrected chi connectivity index (χ1v) is 8.61. The second-order valence-electron chi connectivity index (χ2n) is 5.31. The fourth-order valence-corrected chi connectivity index (χ4v) is 3.56. The molecule has 0 spiro atoms. The highest BCUT2D eigenvalue weighted by molar-refractivity contribution is 9.10. The van der Waals surface area contributed by atoms with Crippen LogP contribution in [0.1, 0.15) is 11.1 Å². The Labute approximate surface area is 148 Å². The summed E-state index contributed by atoms with van der Waals surface area (Å²) in [6, 6.07) is 14.0. The summed E-state index contributed by atoms with van der Waals surface area (Å²) >= 11 is 16.2. The highest BCUT2D eigenvalue weighted by atomic mass is 79.9. The Bertz CT molecular complexity index is 730. The number of hydrogen-bond donors (Lipinski definition) is 0. The second kappa shape index (κ2) is 6.61. The Morgan fingerprint density at radius 3 is 2.73 bits per heavy atom. The lowest BCUT2D eigenvalue weighted by molar-refractivity contribution is 0.798. The lowest BCUT2D eigenvalue weighted by Crippen LogP contribution is -2.31. The van der Waals surface area contributed by atoms with Gasteiger partial charge in [0.2, 0.25) is 0 Å². The van der Waals surface area contributed by atoms with Crippen molar-refractivity contribution in [1.82, 2.24) is 0 Å². The molecular formula is C17H15BrCl2N2. The highest BCUT2D eigenvalue weighted by Gasteiger charge is 2.21. The quantitative estimate of drug-likeness (QED) is 0.618. The van der Waals surface area contributed by atoms with Crippen LogP contribution in [0, 0.1) is 0 Å². The molecular weight excluding hydrogens is 383 g/mol. The number of aliphatic imine (C=N–C) groups is 1. The predicted molar refractivity (Wildman–Crippen MR) is 99.0 cm³/mol. The van der Waals surface area contributed by atoms with Crippen molar-refractivity contribution in [1.29, 1.82) is 0 Å². The molecule has 1 unspecified atom stereocenters. The highest BCUT2D eigenvalue weighted by Crippen LogP contribution is 2.30. The largest absolute Gasteiger partial charge is 0.372 e. The molecule has 0 amide bonds. The summed E-state index contributed by atoms with van der Waals surface area (Å²) in [6.07, 6.45) is 0. The summed E-state index contributed by atoms with van der Waals surface area (Å²) in [5.41, 5.74) is 4.09. The van der Waals surface area contributed by atoms with Crippen LogP contribution in [0.3, 0.4) is 0 Å². The van der Waals surface area contributed by atoms with E-state index in [0.29, 0.717) is 11.6 Å². The van der Waals surface area contributed by atoms with Crippen LogP contribution in [-0.2, 0) is 0 Å². The molecule has 3 rings (SSSR count). The van der Waals surface area contributed by atoms with Crippen LogP contribution >= 0.6 is 39.1 Å². The van der Waals surface area contributed by atoms with E-state index in [4.69, 9.17) is 28.2 Å². The molecule has 1 heterocycles. The molecule has 0 saturated heterocycles. The number of alkyl halides is 1. The number of fused-ring (bicyclic) bond motifs is 1. The van der Waals surface area contributed by atoms with Crippen molar-refractivity contribution in [3.8, 4) is 0 Å². The third kappa shape index (κ3) is 3.17. The van der Waals surface area contributed by atoms with Gasteiger partial charge in [0.1, 0.15) is 0 Å². The van der Waals surface area contributed by atoms with E-state index in [1.54, 1.807) is 0 Å². The summed E-state index contributed by atoms with van der Waals surface area (Å²) in [4.78, 5) is 6.94. The summed E-state index contributed by atoms with van der Waals surface area (Å²) < 4.78 is 1.01. The van der Waals surface area contributed by atoms with E-state index < -0.39 is 0 Å². The Hall–Kier alpha value is -1.03. The number of rotatable bonds is 1. The Morgan fingerprint density at radius 1 is 1.18 bits per heavy atom. The molecule has 0 aliphatic carbocycles. The van der Waals surface area contributed by atoms with Crippen LogP contribution in [0.5, 0.6) is 0 Å². The maximum Gasteiger partial charge on any atom is 0.0752 e. The SMILES string of the molecule is CN1CC(Cl)C/N=C(/c2ccccc2Br)c2cc(Cl)ccc21. The molecule has 0 radical (unpaired) electrons. The van der Waals surface area contributed by atoms with Gasteiger partial charge in [0.15, 0.2) is 0 Å². The molecule has 114 valence electrons.